The van der Waals surface area contributed by atoms with Crippen molar-refractivity contribution in [1.29, 1.82) is 0 Å². The van der Waals surface area contributed by atoms with E-state index in [4.69, 9.17) is 16.5 Å². The maximum Gasteiger partial charge on any atom is 0.131 e. The summed E-state index contributed by atoms with van der Waals surface area (Å²) in [6, 6.07) is 61.3. The number of anilines is 1. The zero-order chi connectivity index (χ0) is 32.7. The van der Waals surface area contributed by atoms with E-state index in [0.717, 1.165) is 40.9 Å². The van der Waals surface area contributed by atoms with Crippen LogP contribution in [0.1, 0.15) is 27.8 Å². The number of hydrogen-bond donors (Lipinski definition) is 2. The van der Waals surface area contributed by atoms with Crippen molar-refractivity contribution in [3.8, 4) is 33.4 Å². The van der Waals surface area contributed by atoms with Gasteiger partial charge in [-0.2, -0.15) is 0 Å². The molecule has 48 heavy (non-hydrogen) atoms. The number of hydrogen-bond acceptors (Lipinski definition) is 2. The SMILES string of the molecule is NC(=Nc1ccccc1Cc1cccc(-c2ccccc2-c2ccccc2-c2cccc(Cc3ccccc3N)c2)c1)c1ccccc1. The van der Waals surface area contributed by atoms with Gasteiger partial charge in [0.25, 0.3) is 0 Å². The molecule has 0 aromatic heterocycles. The maximum absolute atomic E-state index is 6.41. The van der Waals surface area contributed by atoms with Crippen LogP contribution in [-0.2, 0) is 12.8 Å². The van der Waals surface area contributed by atoms with E-state index < -0.39 is 0 Å². The normalized spacial score (nSPS) is 11.4. The van der Waals surface area contributed by atoms with Gasteiger partial charge < -0.3 is 11.5 Å². The highest BCUT2D eigenvalue weighted by Gasteiger charge is 2.14. The molecule has 0 aliphatic rings. The molecule has 7 aromatic carbocycles. The Morgan fingerprint density at radius 2 is 0.917 bits per heavy atom. The molecule has 0 saturated carbocycles. The minimum Gasteiger partial charge on any atom is -0.398 e. The van der Waals surface area contributed by atoms with E-state index in [0.29, 0.717) is 5.84 Å². The fourth-order valence-electron chi connectivity index (χ4n) is 6.34. The second-order valence-electron chi connectivity index (χ2n) is 12.0. The van der Waals surface area contributed by atoms with Crippen LogP contribution < -0.4 is 11.5 Å². The van der Waals surface area contributed by atoms with Gasteiger partial charge in [0.05, 0.1) is 5.69 Å². The molecule has 0 unspecified atom stereocenters. The highest BCUT2D eigenvalue weighted by Crippen LogP contribution is 2.39. The standard InChI is InChI=1S/C45H37N3/c46-43-26-10-4-18-37(43)30-32-14-12-20-35(28-32)39-22-6-8-24-41(39)42-25-9-7-23-40(42)36-21-13-15-33(29-36)31-38-19-5-11-27-44(38)48-45(47)34-16-2-1-3-17-34/h1-29H,30-31,46H2,(H2,47,48). The first kappa shape index (κ1) is 30.5. The Morgan fingerprint density at radius 1 is 0.438 bits per heavy atom. The molecule has 0 aliphatic heterocycles. The van der Waals surface area contributed by atoms with Crippen LogP contribution in [0.2, 0.25) is 0 Å². The molecule has 0 saturated heterocycles. The zero-order valence-electron chi connectivity index (χ0n) is 26.8. The highest BCUT2D eigenvalue weighted by molar-refractivity contribution is 5.99. The van der Waals surface area contributed by atoms with Crippen LogP contribution in [0.4, 0.5) is 11.4 Å². The quantitative estimate of drug-likeness (QED) is 0.0959. The van der Waals surface area contributed by atoms with Crippen molar-refractivity contribution in [3.05, 3.63) is 204 Å². The highest BCUT2D eigenvalue weighted by atomic mass is 14.9. The van der Waals surface area contributed by atoms with Crippen molar-refractivity contribution in [2.24, 2.45) is 10.7 Å². The Kier molecular flexibility index (Phi) is 8.93. The molecule has 0 heterocycles. The molecule has 0 fully saturated rings. The van der Waals surface area contributed by atoms with Gasteiger partial charge >= 0.3 is 0 Å². The summed E-state index contributed by atoms with van der Waals surface area (Å²) in [6.07, 6.45) is 1.53. The Labute approximate surface area is 282 Å². The molecule has 0 radical (unpaired) electrons. The Bertz CT molecular complexity index is 2210. The van der Waals surface area contributed by atoms with Gasteiger partial charge in [-0.05, 0) is 80.6 Å². The summed E-state index contributed by atoms with van der Waals surface area (Å²) in [4.78, 5) is 4.82. The van der Waals surface area contributed by atoms with E-state index in [1.54, 1.807) is 0 Å². The Hall–Kier alpha value is -6.19. The fraction of sp³-hybridized carbons (Fsp3) is 0.0444. The topological polar surface area (TPSA) is 64.4 Å². The smallest absolute Gasteiger partial charge is 0.131 e. The van der Waals surface area contributed by atoms with Crippen LogP contribution >= 0.6 is 0 Å². The molecule has 3 heteroatoms. The fourth-order valence-corrected chi connectivity index (χ4v) is 6.34. The number of amidine groups is 1. The van der Waals surface area contributed by atoms with Crippen LogP contribution in [0.3, 0.4) is 0 Å². The molecule has 232 valence electrons. The summed E-state index contributed by atoms with van der Waals surface area (Å²) in [7, 11) is 0. The summed E-state index contributed by atoms with van der Waals surface area (Å²) in [6.45, 7) is 0. The lowest BCUT2D eigenvalue weighted by Gasteiger charge is -2.16. The number of nitrogen functional groups attached to an aromatic ring is 1. The van der Waals surface area contributed by atoms with Crippen molar-refractivity contribution >= 4 is 17.2 Å². The van der Waals surface area contributed by atoms with Gasteiger partial charge in [0.2, 0.25) is 0 Å². The number of nitrogens with zero attached hydrogens (tertiary/aromatic N) is 1. The van der Waals surface area contributed by atoms with E-state index in [9.17, 15) is 0 Å². The monoisotopic (exact) mass is 619 g/mol. The van der Waals surface area contributed by atoms with Gasteiger partial charge in [-0.15, -0.1) is 0 Å². The van der Waals surface area contributed by atoms with Crippen LogP contribution in [0.25, 0.3) is 33.4 Å². The first-order valence-electron chi connectivity index (χ1n) is 16.3. The molecule has 0 aliphatic carbocycles. The van der Waals surface area contributed by atoms with Crippen LogP contribution in [0.5, 0.6) is 0 Å². The third-order valence-electron chi connectivity index (χ3n) is 8.77. The van der Waals surface area contributed by atoms with Crippen molar-refractivity contribution in [2.45, 2.75) is 12.8 Å². The van der Waals surface area contributed by atoms with Crippen molar-refractivity contribution < 1.29 is 0 Å². The number of aliphatic imine (C=N–C) groups is 1. The average Bonchev–Trinajstić information content (AvgIpc) is 3.14. The first-order chi connectivity index (χ1) is 23.6. The van der Waals surface area contributed by atoms with E-state index in [1.807, 2.05) is 60.7 Å². The van der Waals surface area contributed by atoms with Crippen molar-refractivity contribution in [1.82, 2.24) is 0 Å². The summed E-state index contributed by atoms with van der Waals surface area (Å²) in [5.41, 5.74) is 27.2. The summed E-state index contributed by atoms with van der Waals surface area (Å²) in [5, 5.41) is 0. The van der Waals surface area contributed by atoms with Gasteiger partial charge in [0.15, 0.2) is 0 Å². The van der Waals surface area contributed by atoms with Gasteiger partial charge in [0.1, 0.15) is 5.84 Å². The minimum atomic E-state index is 0.513. The Morgan fingerprint density at radius 3 is 1.52 bits per heavy atom. The van der Waals surface area contributed by atoms with Crippen LogP contribution in [-0.4, -0.2) is 5.84 Å². The second kappa shape index (κ2) is 14.1. The van der Waals surface area contributed by atoms with E-state index >= 15 is 0 Å². The molecule has 4 N–H and O–H groups in total. The van der Waals surface area contributed by atoms with E-state index in [1.165, 1.54) is 44.5 Å². The molecular weight excluding hydrogens is 583 g/mol. The lowest BCUT2D eigenvalue weighted by molar-refractivity contribution is 1.18. The molecular formula is C45H37N3. The lowest BCUT2D eigenvalue weighted by Crippen LogP contribution is -2.12. The molecule has 0 atom stereocenters. The summed E-state index contributed by atoms with van der Waals surface area (Å²) >= 11 is 0. The van der Waals surface area contributed by atoms with Crippen LogP contribution in [0, 0.1) is 0 Å². The zero-order valence-corrected chi connectivity index (χ0v) is 26.8. The molecule has 7 rings (SSSR count). The molecule has 7 aromatic rings. The second-order valence-corrected chi connectivity index (χ2v) is 12.0. The molecule has 0 amide bonds. The largest absolute Gasteiger partial charge is 0.398 e. The average molecular weight is 620 g/mol. The molecule has 0 spiro atoms. The van der Waals surface area contributed by atoms with Crippen molar-refractivity contribution in [2.75, 3.05) is 5.73 Å². The van der Waals surface area contributed by atoms with Gasteiger partial charge in [-0.3, -0.25) is 0 Å². The maximum atomic E-state index is 6.41. The number of para-hydroxylation sites is 2. The predicted octanol–water partition coefficient (Wildman–Crippen LogP) is 10.5. The number of benzene rings is 7. The third-order valence-corrected chi connectivity index (χ3v) is 8.77. The number of rotatable bonds is 9. The third kappa shape index (κ3) is 6.81. The van der Waals surface area contributed by atoms with Crippen molar-refractivity contribution in [3.63, 3.8) is 0 Å². The lowest BCUT2D eigenvalue weighted by atomic mass is 9.88. The van der Waals surface area contributed by atoms with Gasteiger partial charge in [-0.25, -0.2) is 4.99 Å². The summed E-state index contributed by atoms with van der Waals surface area (Å²) in [5.74, 6) is 0.513. The van der Waals surface area contributed by atoms with E-state index in [-0.39, 0.29) is 0 Å². The minimum absolute atomic E-state index is 0.513. The Balaban J connectivity index is 1.21. The van der Waals surface area contributed by atoms with Crippen LogP contribution in [0.15, 0.2) is 181 Å². The number of nitrogens with two attached hydrogens (primary N) is 2. The first-order valence-corrected chi connectivity index (χ1v) is 16.3. The predicted molar refractivity (Wildman–Crippen MR) is 202 cm³/mol. The van der Waals surface area contributed by atoms with E-state index in [2.05, 4.69) is 115 Å². The summed E-state index contributed by atoms with van der Waals surface area (Å²) < 4.78 is 0. The van der Waals surface area contributed by atoms with Gasteiger partial charge in [0, 0.05) is 11.3 Å². The molecule has 3 nitrogen and oxygen atoms in total. The van der Waals surface area contributed by atoms with Gasteiger partial charge in [-0.1, -0.05) is 164 Å². The molecule has 0 bridgehead atoms.